The lowest BCUT2D eigenvalue weighted by molar-refractivity contribution is -0.137. The van der Waals surface area contributed by atoms with Crippen LogP contribution in [0.25, 0.3) is 0 Å². The van der Waals surface area contributed by atoms with Gasteiger partial charge in [0.1, 0.15) is 0 Å². The van der Waals surface area contributed by atoms with Crippen LogP contribution in [0, 0.1) is 0 Å². The van der Waals surface area contributed by atoms with Crippen LogP contribution in [0.1, 0.15) is 29.2 Å². The first-order chi connectivity index (χ1) is 20.3. The van der Waals surface area contributed by atoms with Crippen molar-refractivity contribution in [1.82, 2.24) is 0 Å². The van der Waals surface area contributed by atoms with Crippen molar-refractivity contribution < 1.29 is 52.7 Å². The summed E-state index contributed by atoms with van der Waals surface area (Å²) >= 11 is 0. The van der Waals surface area contributed by atoms with Crippen LogP contribution in [0.4, 0.5) is 52.7 Å². The number of rotatable bonds is 6. The molecule has 0 aliphatic heterocycles. The van der Waals surface area contributed by atoms with E-state index in [1.807, 2.05) is 0 Å². The van der Waals surface area contributed by atoms with Gasteiger partial charge in [-0.15, -0.1) is 0 Å². The van der Waals surface area contributed by atoms with E-state index in [2.05, 4.69) is 0 Å². The third-order valence-electron chi connectivity index (χ3n) is 6.62. The predicted molar refractivity (Wildman–Crippen MR) is 148 cm³/mol. The summed E-state index contributed by atoms with van der Waals surface area (Å²) in [6, 6.07) is 14.8. The number of hydrogen-bond donors (Lipinski definition) is 0. The minimum atomic E-state index is -5.10. The minimum absolute atomic E-state index is 0.628. The maximum atomic E-state index is 14.3. The molecule has 0 unspecified atom stereocenters. The maximum absolute atomic E-state index is 14.3. The smallest absolute Gasteiger partial charge is 0.166 e. The summed E-state index contributed by atoms with van der Waals surface area (Å²) in [6.07, 6.45) is -20.4. The fourth-order valence-corrected chi connectivity index (χ4v) is 12.2. The molecule has 0 aliphatic rings. The third kappa shape index (κ3) is 7.07. The topological polar surface area (TPSA) is 0 Å². The van der Waals surface area contributed by atoms with Crippen LogP contribution in [-0.4, -0.2) is 5.40 Å². The molecule has 0 N–H and O–H groups in total. The van der Waals surface area contributed by atoms with Gasteiger partial charge in [-0.3, -0.25) is 0 Å². The molecular formula is C30H20F12P2. The van der Waals surface area contributed by atoms with Crippen molar-refractivity contribution in [2.75, 3.05) is 0 Å². The molecule has 4 rings (SSSR count). The standard InChI is InChI=1S/C30H20F12P2/c1-18(43(23-14-6-2-10-19(23)27(31,32)33)24-15-7-3-11-20(24)28(34,35)36)44(25-16-8-4-12-21(25)29(37,38)39)26-17-9-5-13-22(26)30(40,41)42/h2-18H,1H3. The molecule has 44 heavy (non-hydrogen) atoms. The van der Waals surface area contributed by atoms with E-state index in [9.17, 15) is 52.7 Å². The van der Waals surface area contributed by atoms with Crippen molar-refractivity contribution in [1.29, 1.82) is 0 Å². The fourth-order valence-electron chi connectivity index (χ4n) is 4.87. The lowest BCUT2D eigenvalue weighted by Gasteiger charge is -2.37. The quantitative estimate of drug-likeness (QED) is 0.142. The summed E-state index contributed by atoms with van der Waals surface area (Å²) in [5.74, 6) is 0. The zero-order valence-electron chi connectivity index (χ0n) is 22.2. The van der Waals surface area contributed by atoms with Gasteiger partial charge in [-0.1, -0.05) is 79.7 Å². The first-order valence-electron chi connectivity index (χ1n) is 12.6. The van der Waals surface area contributed by atoms with Crippen LogP contribution in [0.5, 0.6) is 0 Å². The molecule has 0 bridgehead atoms. The number of halogens is 12. The molecule has 14 heteroatoms. The van der Waals surface area contributed by atoms with Gasteiger partial charge in [0.2, 0.25) is 0 Å². The Bertz CT molecular complexity index is 1370. The molecule has 0 saturated heterocycles. The van der Waals surface area contributed by atoms with Gasteiger partial charge < -0.3 is 0 Å². The molecule has 0 nitrogen and oxygen atoms in total. The van der Waals surface area contributed by atoms with E-state index in [1.165, 1.54) is 0 Å². The fraction of sp³-hybridized carbons (Fsp3) is 0.200. The molecule has 0 amide bonds. The molecular weight excluding hydrogens is 650 g/mol. The van der Waals surface area contributed by atoms with E-state index in [0.717, 1.165) is 79.7 Å². The van der Waals surface area contributed by atoms with E-state index < -0.39 is 89.4 Å². The zero-order chi connectivity index (χ0) is 32.7. The highest BCUT2D eigenvalue weighted by atomic mass is 31.2. The zero-order valence-corrected chi connectivity index (χ0v) is 24.0. The highest BCUT2D eigenvalue weighted by molar-refractivity contribution is 7.89. The second kappa shape index (κ2) is 12.4. The molecule has 0 radical (unpaired) electrons. The Labute approximate surface area is 246 Å². The molecule has 0 spiro atoms. The molecule has 4 aromatic carbocycles. The number of benzene rings is 4. The highest BCUT2D eigenvalue weighted by Gasteiger charge is 2.46. The predicted octanol–water partition coefficient (Wildman–Crippen LogP) is 9.67. The van der Waals surface area contributed by atoms with Gasteiger partial charge in [0.05, 0.1) is 22.3 Å². The van der Waals surface area contributed by atoms with Gasteiger partial charge in [-0.05, 0) is 61.3 Å². The summed E-state index contributed by atoms with van der Waals surface area (Å²) in [6.45, 7) is 1.12. The minimum Gasteiger partial charge on any atom is -0.166 e. The van der Waals surface area contributed by atoms with Crippen molar-refractivity contribution in [3.05, 3.63) is 119 Å². The Hall–Kier alpha value is -3.10. The SMILES string of the molecule is CC(P(c1ccccc1C(F)(F)F)c1ccccc1C(F)(F)F)P(c1ccccc1C(F)(F)F)c1ccccc1C(F)(F)F. The van der Waals surface area contributed by atoms with Gasteiger partial charge in [0.25, 0.3) is 0 Å². The van der Waals surface area contributed by atoms with Crippen molar-refractivity contribution >= 4 is 37.1 Å². The molecule has 0 atom stereocenters. The summed E-state index contributed by atoms with van der Waals surface area (Å²) in [7, 11) is -5.82. The average molecular weight is 670 g/mol. The lowest BCUT2D eigenvalue weighted by atomic mass is 10.2. The van der Waals surface area contributed by atoms with E-state index in [4.69, 9.17) is 0 Å². The van der Waals surface area contributed by atoms with Crippen LogP contribution >= 0.6 is 15.8 Å². The molecule has 234 valence electrons. The van der Waals surface area contributed by atoms with Crippen molar-refractivity contribution in [3.8, 4) is 0 Å². The van der Waals surface area contributed by atoms with Gasteiger partial charge in [-0.2, -0.15) is 52.7 Å². The molecule has 0 saturated carbocycles. The van der Waals surface area contributed by atoms with Gasteiger partial charge in [-0.25, -0.2) is 0 Å². The van der Waals surface area contributed by atoms with E-state index in [1.54, 1.807) is 0 Å². The van der Waals surface area contributed by atoms with Crippen molar-refractivity contribution in [3.63, 3.8) is 0 Å². The first kappa shape index (κ1) is 33.8. The summed E-state index contributed by atoms with van der Waals surface area (Å²) < 4.78 is 172. The molecule has 0 aliphatic carbocycles. The van der Waals surface area contributed by atoms with Gasteiger partial charge in [0, 0.05) is 5.40 Å². The Balaban J connectivity index is 2.16. The van der Waals surface area contributed by atoms with E-state index in [-0.39, 0.29) is 0 Å². The Morgan fingerprint density at radius 3 is 0.727 bits per heavy atom. The monoisotopic (exact) mass is 670 g/mol. The molecule has 4 aromatic rings. The summed E-state index contributed by atoms with van der Waals surface area (Å²) in [4.78, 5) is 0. The van der Waals surface area contributed by atoms with Crippen LogP contribution in [0.2, 0.25) is 0 Å². The van der Waals surface area contributed by atoms with Crippen LogP contribution in [0.3, 0.4) is 0 Å². The van der Waals surface area contributed by atoms with E-state index >= 15 is 0 Å². The van der Waals surface area contributed by atoms with Gasteiger partial charge >= 0.3 is 24.7 Å². The summed E-state index contributed by atoms with van der Waals surface area (Å²) in [5, 5.41) is -4.21. The van der Waals surface area contributed by atoms with Crippen LogP contribution in [-0.2, 0) is 24.7 Å². The molecule has 0 aromatic heterocycles. The van der Waals surface area contributed by atoms with E-state index in [0.29, 0.717) is 24.3 Å². The average Bonchev–Trinajstić information content (AvgIpc) is 2.92. The Morgan fingerprint density at radius 2 is 0.545 bits per heavy atom. The van der Waals surface area contributed by atoms with Crippen LogP contribution < -0.4 is 21.2 Å². The number of alkyl halides is 12. The normalized spacial score (nSPS) is 13.3. The van der Waals surface area contributed by atoms with Crippen molar-refractivity contribution in [2.45, 2.75) is 37.0 Å². The summed E-state index contributed by atoms with van der Waals surface area (Å²) in [5.41, 5.74) is -5.34. The second-order valence-electron chi connectivity index (χ2n) is 9.43. The molecule has 0 fully saturated rings. The van der Waals surface area contributed by atoms with Crippen molar-refractivity contribution in [2.24, 2.45) is 0 Å². The second-order valence-corrected chi connectivity index (χ2v) is 14.8. The maximum Gasteiger partial charge on any atom is 0.417 e. The lowest BCUT2D eigenvalue weighted by Crippen LogP contribution is -2.34. The third-order valence-corrected chi connectivity index (χ3v) is 13.1. The largest absolute Gasteiger partial charge is 0.417 e. The Morgan fingerprint density at radius 1 is 0.364 bits per heavy atom. The highest BCUT2D eigenvalue weighted by Crippen LogP contribution is 2.60. The Kier molecular flexibility index (Phi) is 9.49. The first-order valence-corrected chi connectivity index (χ1v) is 15.4. The molecule has 0 heterocycles. The number of hydrogen-bond acceptors (Lipinski definition) is 0. The van der Waals surface area contributed by atoms with Crippen LogP contribution in [0.15, 0.2) is 97.1 Å². The van der Waals surface area contributed by atoms with Gasteiger partial charge in [0.15, 0.2) is 0 Å².